The Balaban J connectivity index is 1.70. The molecule has 0 spiro atoms. The van der Waals surface area contributed by atoms with Crippen molar-refractivity contribution in [1.82, 2.24) is 24.6 Å². The van der Waals surface area contributed by atoms with E-state index in [1.807, 2.05) is 6.20 Å². The summed E-state index contributed by atoms with van der Waals surface area (Å²) in [7, 11) is 0. The second-order valence-electron chi connectivity index (χ2n) is 6.26. The number of imidazole rings is 1. The Morgan fingerprint density at radius 2 is 2.22 bits per heavy atom. The van der Waals surface area contributed by atoms with Crippen LogP contribution in [0.15, 0.2) is 16.9 Å². The molecule has 0 saturated carbocycles. The van der Waals surface area contributed by atoms with Crippen molar-refractivity contribution >= 4 is 0 Å². The average molecular weight is 317 g/mol. The minimum Gasteiger partial charge on any atom is -0.339 e. The average Bonchev–Trinajstić information content (AvgIpc) is 3.22. The molecule has 1 fully saturated rings. The normalized spacial score (nSPS) is 19.3. The van der Waals surface area contributed by atoms with Crippen molar-refractivity contribution in [3.63, 3.8) is 0 Å². The summed E-state index contributed by atoms with van der Waals surface area (Å²) in [5.41, 5.74) is 0. The van der Waals surface area contributed by atoms with Crippen LogP contribution >= 0.6 is 0 Å². The van der Waals surface area contributed by atoms with Crippen LogP contribution in [0.5, 0.6) is 0 Å². The van der Waals surface area contributed by atoms with Crippen molar-refractivity contribution in [2.75, 3.05) is 6.54 Å². The Hall–Kier alpha value is -1.69. The third-order valence-corrected chi connectivity index (χ3v) is 4.60. The number of unbranched alkanes of at least 4 members (excludes halogenated alkanes) is 1. The van der Waals surface area contributed by atoms with Gasteiger partial charge in [-0.2, -0.15) is 4.98 Å². The molecule has 1 aliphatic rings. The zero-order valence-electron chi connectivity index (χ0n) is 14.2. The van der Waals surface area contributed by atoms with E-state index in [4.69, 9.17) is 4.52 Å². The van der Waals surface area contributed by atoms with Gasteiger partial charge in [-0.25, -0.2) is 4.98 Å². The van der Waals surface area contributed by atoms with E-state index in [9.17, 15) is 0 Å². The van der Waals surface area contributed by atoms with Crippen LogP contribution in [0, 0.1) is 0 Å². The Morgan fingerprint density at radius 3 is 3.04 bits per heavy atom. The second-order valence-corrected chi connectivity index (χ2v) is 6.26. The smallest absolute Gasteiger partial charge is 0.226 e. The van der Waals surface area contributed by atoms with Gasteiger partial charge in [0.1, 0.15) is 5.82 Å². The van der Waals surface area contributed by atoms with Gasteiger partial charge in [-0.15, -0.1) is 0 Å². The molecule has 0 aliphatic carbocycles. The highest BCUT2D eigenvalue weighted by molar-refractivity contribution is 5.02. The Labute approximate surface area is 137 Å². The second kappa shape index (κ2) is 7.73. The van der Waals surface area contributed by atoms with Gasteiger partial charge in [0.05, 0.1) is 12.6 Å². The van der Waals surface area contributed by atoms with Crippen LogP contribution in [0.2, 0.25) is 0 Å². The van der Waals surface area contributed by atoms with Crippen LogP contribution in [0.4, 0.5) is 0 Å². The van der Waals surface area contributed by atoms with Crippen molar-refractivity contribution in [3.8, 4) is 0 Å². The van der Waals surface area contributed by atoms with Gasteiger partial charge in [0.15, 0.2) is 5.82 Å². The number of aryl methyl sites for hydroxylation is 2. The zero-order chi connectivity index (χ0) is 16.1. The van der Waals surface area contributed by atoms with Gasteiger partial charge in [-0.1, -0.05) is 24.9 Å². The lowest BCUT2D eigenvalue weighted by Gasteiger charge is -2.34. The van der Waals surface area contributed by atoms with E-state index < -0.39 is 0 Å². The lowest BCUT2D eigenvalue weighted by atomic mass is 10.0. The van der Waals surface area contributed by atoms with Gasteiger partial charge in [-0.05, 0) is 32.7 Å². The maximum absolute atomic E-state index is 5.37. The molecule has 0 aromatic carbocycles. The van der Waals surface area contributed by atoms with Crippen molar-refractivity contribution in [3.05, 3.63) is 29.9 Å². The van der Waals surface area contributed by atoms with E-state index >= 15 is 0 Å². The Bertz CT molecular complexity index is 606. The fraction of sp³-hybridized carbons (Fsp3) is 0.706. The van der Waals surface area contributed by atoms with E-state index in [2.05, 4.69) is 44.6 Å². The van der Waals surface area contributed by atoms with Gasteiger partial charge >= 0.3 is 0 Å². The first-order chi connectivity index (χ1) is 11.3. The molecule has 2 aromatic heterocycles. The highest BCUT2D eigenvalue weighted by atomic mass is 16.5. The number of likely N-dealkylation sites (tertiary alicyclic amines) is 1. The zero-order valence-corrected chi connectivity index (χ0v) is 14.2. The summed E-state index contributed by atoms with van der Waals surface area (Å²) in [4.78, 5) is 11.6. The van der Waals surface area contributed by atoms with Gasteiger partial charge < -0.3 is 9.09 Å². The van der Waals surface area contributed by atoms with Crippen LogP contribution in [0.1, 0.15) is 69.5 Å². The van der Waals surface area contributed by atoms with E-state index in [0.29, 0.717) is 6.04 Å². The molecule has 1 saturated heterocycles. The largest absolute Gasteiger partial charge is 0.339 e. The maximum atomic E-state index is 5.37. The third-order valence-electron chi connectivity index (χ3n) is 4.60. The number of nitrogens with zero attached hydrogens (tertiary/aromatic N) is 5. The first-order valence-corrected chi connectivity index (χ1v) is 8.88. The first kappa shape index (κ1) is 16.2. The molecule has 1 atom stereocenters. The minimum absolute atomic E-state index is 0.358. The number of piperidine rings is 1. The summed E-state index contributed by atoms with van der Waals surface area (Å²) in [6.45, 7) is 7.11. The molecule has 3 rings (SSSR count). The molecule has 0 bridgehead atoms. The van der Waals surface area contributed by atoms with Crippen LogP contribution < -0.4 is 0 Å². The SMILES string of the molecule is CCCCc1nc(CN2CCCC[C@@H]2c2nccn2CC)no1. The lowest BCUT2D eigenvalue weighted by Crippen LogP contribution is -2.34. The molecule has 0 unspecified atom stereocenters. The Kier molecular flexibility index (Phi) is 5.43. The van der Waals surface area contributed by atoms with Crippen LogP contribution in [-0.2, 0) is 19.5 Å². The predicted molar refractivity (Wildman–Crippen MR) is 87.8 cm³/mol. The van der Waals surface area contributed by atoms with Crippen LogP contribution in [0.25, 0.3) is 0 Å². The lowest BCUT2D eigenvalue weighted by molar-refractivity contribution is 0.126. The molecule has 6 heteroatoms. The standard InChI is InChI=1S/C17H27N5O/c1-3-5-9-16-19-15(20-23-16)13-22-11-7-6-8-14(22)17-18-10-12-21(17)4-2/h10,12,14H,3-9,11,13H2,1-2H3/t14-/m1/s1. The molecule has 2 aromatic rings. The van der Waals surface area contributed by atoms with E-state index in [0.717, 1.165) is 57.0 Å². The van der Waals surface area contributed by atoms with Gasteiger partial charge in [0, 0.05) is 25.4 Å². The summed E-state index contributed by atoms with van der Waals surface area (Å²) in [5.74, 6) is 2.74. The summed E-state index contributed by atoms with van der Waals surface area (Å²) in [6, 6.07) is 0.358. The number of hydrogen-bond donors (Lipinski definition) is 0. The van der Waals surface area contributed by atoms with Crippen molar-refractivity contribution < 1.29 is 4.52 Å². The van der Waals surface area contributed by atoms with Crippen molar-refractivity contribution in [2.45, 2.75) is 71.5 Å². The van der Waals surface area contributed by atoms with Gasteiger partial charge in [-0.3, -0.25) is 4.90 Å². The molecular weight excluding hydrogens is 290 g/mol. The molecule has 0 N–H and O–H groups in total. The molecular formula is C17H27N5O. The molecule has 126 valence electrons. The van der Waals surface area contributed by atoms with Crippen LogP contribution in [0.3, 0.4) is 0 Å². The summed E-state index contributed by atoms with van der Waals surface area (Å²) in [5, 5.41) is 4.17. The number of rotatable bonds is 7. The Morgan fingerprint density at radius 1 is 1.30 bits per heavy atom. The van der Waals surface area contributed by atoms with E-state index in [-0.39, 0.29) is 0 Å². The summed E-state index contributed by atoms with van der Waals surface area (Å²) in [6.07, 6.45) is 10.7. The highest BCUT2D eigenvalue weighted by Gasteiger charge is 2.28. The number of aromatic nitrogens is 4. The van der Waals surface area contributed by atoms with Crippen molar-refractivity contribution in [2.24, 2.45) is 0 Å². The van der Waals surface area contributed by atoms with E-state index in [1.165, 1.54) is 18.7 Å². The molecule has 0 amide bonds. The van der Waals surface area contributed by atoms with Crippen LogP contribution in [-0.4, -0.2) is 31.1 Å². The quantitative estimate of drug-likeness (QED) is 0.783. The fourth-order valence-electron chi connectivity index (χ4n) is 3.32. The highest BCUT2D eigenvalue weighted by Crippen LogP contribution is 2.30. The van der Waals surface area contributed by atoms with E-state index in [1.54, 1.807) is 0 Å². The maximum Gasteiger partial charge on any atom is 0.226 e. The van der Waals surface area contributed by atoms with Crippen molar-refractivity contribution in [1.29, 1.82) is 0 Å². The third kappa shape index (κ3) is 3.80. The molecule has 0 radical (unpaired) electrons. The predicted octanol–water partition coefficient (Wildman–Crippen LogP) is 3.36. The van der Waals surface area contributed by atoms with Gasteiger partial charge in [0.25, 0.3) is 0 Å². The molecule has 3 heterocycles. The number of hydrogen-bond acceptors (Lipinski definition) is 5. The molecule has 6 nitrogen and oxygen atoms in total. The first-order valence-electron chi connectivity index (χ1n) is 8.88. The minimum atomic E-state index is 0.358. The van der Waals surface area contributed by atoms with Gasteiger partial charge in [0.2, 0.25) is 5.89 Å². The fourth-order valence-corrected chi connectivity index (χ4v) is 3.32. The summed E-state index contributed by atoms with van der Waals surface area (Å²) < 4.78 is 7.61. The summed E-state index contributed by atoms with van der Waals surface area (Å²) >= 11 is 0. The topological polar surface area (TPSA) is 60.0 Å². The molecule has 23 heavy (non-hydrogen) atoms. The monoisotopic (exact) mass is 317 g/mol. The molecule has 1 aliphatic heterocycles.